The minimum absolute atomic E-state index is 0.335. The van der Waals surface area contributed by atoms with Crippen LogP contribution < -0.4 is 10.2 Å². The standard InChI is InChI=1S/C20H19BrN4O2/c1-12-4-5-14(8-13(12)2)17-10-18(24-23-17)20(26)25-22-11-15-9-16(21)6-7-19(15)27-3/h4-11H,1-3H3,(H,23,24)(H,25,26)/b22-11-. The van der Waals surface area contributed by atoms with Gasteiger partial charge in [-0.05, 0) is 55.3 Å². The van der Waals surface area contributed by atoms with E-state index in [4.69, 9.17) is 4.74 Å². The highest BCUT2D eigenvalue weighted by Crippen LogP contribution is 2.22. The van der Waals surface area contributed by atoms with Crippen LogP contribution in [0.4, 0.5) is 0 Å². The Kier molecular flexibility index (Phi) is 5.71. The van der Waals surface area contributed by atoms with Gasteiger partial charge in [-0.15, -0.1) is 0 Å². The highest BCUT2D eigenvalue weighted by Gasteiger charge is 2.11. The Morgan fingerprint density at radius 2 is 2.00 bits per heavy atom. The molecule has 0 aliphatic carbocycles. The van der Waals surface area contributed by atoms with Crippen LogP contribution in [0.5, 0.6) is 5.75 Å². The van der Waals surface area contributed by atoms with Crippen molar-refractivity contribution < 1.29 is 9.53 Å². The predicted octanol–water partition coefficient (Wildman–Crippen LogP) is 4.23. The summed E-state index contributed by atoms with van der Waals surface area (Å²) in [6, 6.07) is 13.3. The molecule has 2 N–H and O–H groups in total. The average molecular weight is 427 g/mol. The molecule has 0 aliphatic rings. The second-order valence-electron chi connectivity index (χ2n) is 6.05. The summed E-state index contributed by atoms with van der Waals surface area (Å²) >= 11 is 3.40. The molecule has 0 saturated heterocycles. The Labute approximate surface area is 165 Å². The third-order valence-electron chi connectivity index (χ3n) is 4.19. The lowest BCUT2D eigenvalue weighted by atomic mass is 10.0. The van der Waals surface area contributed by atoms with Crippen LogP contribution in [0, 0.1) is 13.8 Å². The van der Waals surface area contributed by atoms with Crippen LogP contribution in [-0.2, 0) is 0 Å². The molecule has 1 aromatic heterocycles. The van der Waals surface area contributed by atoms with E-state index in [1.54, 1.807) is 13.2 Å². The van der Waals surface area contributed by atoms with Gasteiger partial charge in [-0.3, -0.25) is 9.89 Å². The number of aromatic amines is 1. The SMILES string of the molecule is COc1ccc(Br)cc1/C=N\NC(=O)c1cc(-c2ccc(C)c(C)c2)n[nH]1. The maximum Gasteiger partial charge on any atom is 0.289 e. The molecule has 0 spiro atoms. The Morgan fingerprint density at radius 1 is 1.19 bits per heavy atom. The second kappa shape index (κ2) is 8.18. The molecule has 0 radical (unpaired) electrons. The van der Waals surface area contributed by atoms with Gasteiger partial charge in [-0.25, -0.2) is 5.43 Å². The molecule has 27 heavy (non-hydrogen) atoms. The third-order valence-corrected chi connectivity index (χ3v) is 4.68. The minimum atomic E-state index is -0.372. The number of aryl methyl sites for hydroxylation is 2. The number of hydrogen-bond acceptors (Lipinski definition) is 4. The number of rotatable bonds is 5. The number of ether oxygens (including phenoxy) is 1. The first-order valence-electron chi connectivity index (χ1n) is 8.28. The van der Waals surface area contributed by atoms with E-state index in [1.165, 1.54) is 17.3 Å². The molecule has 0 fully saturated rings. The van der Waals surface area contributed by atoms with Gasteiger partial charge >= 0.3 is 0 Å². The van der Waals surface area contributed by atoms with Crippen LogP contribution in [0.15, 0.2) is 52.0 Å². The van der Waals surface area contributed by atoms with Gasteiger partial charge in [0.2, 0.25) is 0 Å². The van der Waals surface area contributed by atoms with Gasteiger partial charge < -0.3 is 4.74 Å². The second-order valence-corrected chi connectivity index (χ2v) is 6.97. The monoisotopic (exact) mass is 426 g/mol. The summed E-state index contributed by atoms with van der Waals surface area (Å²) < 4.78 is 6.16. The van der Waals surface area contributed by atoms with E-state index in [0.717, 1.165) is 15.6 Å². The van der Waals surface area contributed by atoms with Crippen molar-refractivity contribution in [2.75, 3.05) is 7.11 Å². The summed E-state index contributed by atoms with van der Waals surface area (Å²) in [5.41, 5.74) is 7.62. The fourth-order valence-electron chi connectivity index (χ4n) is 2.51. The maximum absolute atomic E-state index is 12.3. The van der Waals surface area contributed by atoms with Crippen molar-refractivity contribution in [1.29, 1.82) is 0 Å². The van der Waals surface area contributed by atoms with Gasteiger partial charge in [0.25, 0.3) is 5.91 Å². The number of halogens is 1. The van der Waals surface area contributed by atoms with Gasteiger partial charge in [-0.2, -0.15) is 10.2 Å². The Hall–Kier alpha value is -2.93. The molecule has 0 saturated carbocycles. The molecular formula is C20H19BrN4O2. The number of benzene rings is 2. The number of carbonyl (C=O) groups excluding carboxylic acids is 1. The smallest absolute Gasteiger partial charge is 0.289 e. The van der Waals surface area contributed by atoms with Crippen molar-refractivity contribution in [1.82, 2.24) is 15.6 Å². The lowest BCUT2D eigenvalue weighted by Crippen LogP contribution is -2.18. The van der Waals surface area contributed by atoms with E-state index < -0.39 is 0 Å². The van der Waals surface area contributed by atoms with Gasteiger partial charge in [0.05, 0.1) is 19.0 Å². The molecule has 0 aliphatic heterocycles. The number of amides is 1. The molecule has 2 aromatic carbocycles. The van der Waals surface area contributed by atoms with Gasteiger partial charge in [0.15, 0.2) is 0 Å². The quantitative estimate of drug-likeness (QED) is 0.473. The first kappa shape index (κ1) is 18.8. The summed E-state index contributed by atoms with van der Waals surface area (Å²) in [5.74, 6) is 0.289. The molecule has 3 rings (SSSR count). The van der Waals surface area contributed by atoms with Crippen molar-refractivity contribution in [3.8, 4) is 17.0 Å². The number of aromatic nitrogens is 2. The Bertz CT molecular complexity index is 1010. The lowest BCUT2D eigenvalue weighted by Gasteiger charge is -2.04. The number of nitrogens with one attached hydrogen (secondary N) is 2. The number of hydrazone groups is 1. The predicted molar refractivity (Wildman–Crippen MR) is 109 cm³/mol. The number of carbonyl (C=O) groups is 1. The van der Waals surface area contributed by atoms with Crippen molar-refractivity contribution in [2.24, 2.45) is 5.10 Å². The summed E-state index contributed by atoms with van der Waals surface area (Å²) in [5, 5.41) is 11.0. The van der Waals surface area contributed by atoms with Crippen LogP contribution in [-0.4, -0.2) is 29.4 Å². The van der Waals surface area contributed by atoms with E-state index in [9.17, 15) is 4.79 Å². The molecule has 138 valence electrons. The molecule has 1 amide bonds. The first-order chi connectivity index (χ1) is 13.0. The molecule has 6 nitrogen and oxygen atoms in total. The summed E-state index contributed by atoms with van der Waals surface area (Å²) in [7, 11) is 1.58. The number of methoxy groups -OCH3 is 1. The van der Waals surface area contributed by atoms with Crippen molar-refractivity contribution >= 4 is 28.1 Å². The summed E-state index contributed by atoms with van der Waals surface area (Å²) in [4.78, 5) is 12.3. The first-order valence-corrected chi connectivity index (χ1v) is 9.07. The normalized spacial score (nSPS) is 11.0. The van der Waals surface area contributed by atoms with E-state index in [0.29, 0.717) is 17.1 Å². The van der Waals surface area contributed by atoms with Gasteiger partial charge in [-0.1, -0.05) is 28.1 Å². The van der Waals surface area contributed by atoms with Gasteiger partial charge in [0.1, 0.15) is 11.4 Å². The fourth-order valence-corrected chi connectivity index (χ4v) is 2.89. The largest absolute Gasteiger partial charge is 0.496 e. The lowest BCUT2D eigenvalue weighted by molar-refractivity contribution is 0.0950. The molecule has 0 unspecified atom stereocenters. The van der Waals surface area contributed by atoms with Crippen LogP contribution >= 0.6 is 15.9 Å². The molecular weight excluding hydrogens is 408 g/mol. The van der Waals surface area contributed by atoms with Crippen molar-refractivity contribution in [3.63, 3.8) is 0 Å². The maximum atomic E-state index is 12.3. The van der Waals surface area contributed by atoms with E-state index in [1.807, 2.05) is 43.3 Å². The van der Waals surface area contributed by atoms with Crippen molar-refractivity contribution in [3.05, 3.63) is 69.3 Å². The van der Waals surface area contributed by atoms with Crippen LogP contribution in [0.25, 0.3) is 11.3 Å². The van der Waals surface area contributed by atoms with Crippen LogP contribution in [0.3, 0.4) is 0 Å². The fraction of sp³-hybridized carbons (Fsp3) is 0.150. The minimum Gasteiger partial charge on any atom is -0.496 e. The number of H-pyrrole nitrogens is 1. The molecule has 1 heterocycles. The molecule has 0 bridgehead atoms. The summed E-state index contributed by atoms with van der Waals surface area (Å²) in [6.45, 7) is 4.10. The van der Waals surface area contributed by atoms with Gasteiger partial charge in [0, 0.05) is 15.6 Å². The Balaban J connectivity index is 1.71. The zero-order valence-electron chi connectivity index (χ0n) is 15.2. The zero-order valence-corrected chi connectivity index (χ0v) is 16.8. The molecule has 7 heteroatoms. The third kappa shape index (κ3) is 4.43. The number of hydrogen-bond donors (Lipinski definition) is 2. The summed E-state index contributed by atoms with van der Waals surface area (Å²) in [6.07, 6.45) is 1.53. The molecule has 3 aromatic rings. The van der Waals surface area contributed by atoms with E-state index >= 15 is 0 Å². The number of nitrogens with zero attached hydrogens (tertiary/aromatic N) is 2. The zero-order chi connectivity index (χ0) is 19.4. The topological polar surface area (TPSA) is 79.4 Å². The highest BCUT2D eigenvalue weighted by molar-refractivity contribution is 9.10. The van der Waals surface area contributed by atoms with Crippen molar-refractivity contribution in [2.45, 2.75) is 13.8 Å². The van der Waals surface area contributed by atoms with Crippen LogP contribution in [0.2, 0.25) is 0 Å². The average Bonchev–Trinajstić information content (AvgIpc) is 3.14. The molecule has 0 atom stereocenters. The van der Waals surface area contributed by atoms with E-state index in [-0.39, 0.29) is 5.91 Å². The Morgan fingerprint density at radius 3 is 2.74 bits per heavy atom. The van der Waals surface area contributed by atoms with Crippen LogP contribution in [0.1, 0.15) is 27.2 Å². The highest BCUT2D eigenvalue weighted by atomic mass is 79.9. The van der Waals surface area contributed by atoms with E-state index in [2.05, 4.69) is 43.6 Å².